The second-order valence-electron chi connectivity index (χ2n) is 5.62. The predicted octanol–water partition coefficient (Wildman–Crippen LogP) is 4.35. The normalized spacial score (nSPS) is 12.6. The minimum Gasteiger partial charge on any atom is -0.159 e. The van der Waals surface area contributed by atoms with Gasteiger partial charge in [0.15, 0.2) is 0 Å². The molecule has 0 amide bonds. The predicted molar refractivity (Wildman–Crippen MR) is 85.3 cm³/mol. The van der Waals surface area contributed by atoms with Crippen molar-refractivity contribution in [3.63, 3.8) is 0 Å². The Labute approximate surface area is 122 Å². The van der Waals surface area contributed by atoms with Crippen LogP contribution < -0.4 is 0 Å². The van der Waals surface area contributed by atoms with Crippen LogP contribution in [0.2, 0.25) is 0 Å². The van der Waals surface area contributed by atoms with Crippen LogP contribution in [0.15, 0.2) is 60.8 Å². The number of aromatic nitrogens is 2. The van der Waals surface area contributed by atoms with Crippen LogP contribution in [0.25, 0.3) is 32.7 Å². The number of nitrogens with zero attached hydrogens (tertiary/aromatic N) is 2. The lowest BCUT2D eigenvalue weighted by atomic mass is 9.98. The van der Waals surface area contributed by atoms with Crippen molar-refractivity contribution in [2.75, 3.05) is 0 Å². The number of hydrogen-bond donors (Lipinski definition) is 0. The summed E-state index contributed by atoms with van der Waals surface area (Å²) in [5.41, 5.74) is 4.98. The second-order valence-corrected chi connectivity index (χ2v) is 5.62. The first kappa shape index (κ1) is 11.0. The molecule has 98 valence electrons. The van der Waals surface area contributed by atoms with Crippen LogP contribution in [0.5, 0.6) is 0 Å². The summed E-state index contributed by atoms with van der Waals surface area (Å²) in [6, 6.07) is 19.7. The zero-order valence-corrected chi connectivity index (χ0v) is 11.4. The smallest absolute Gasteiger partial charge is 0.0753 e. The minimum absolute atomic E-state index is 0.890. The number of rotatable bonds is 0. The van der Waals surface area contributed by atoms with Crippen molar-refractivity contribution in [3.8, 4) is 11.1 Å². The third kappa shape index (κ3) is 1.53. The lowest BCUT2D eigenvalue weighted by molar-refractivity contribution is 0.959. The summed E-state index contributed by atoms with van der Waals surface area (Å²) < 4.78 is 0. The molecule has 5 rings (SSSR count). The van der Waals surface area contributed by atoms with Gasteiger partial charge in [-0.05, 0) is 56.9 Å². The van der Waals surface area contributed by atoms with Gasteiger partial charge in [0.2, 0.25) is 0 Å². The Morgan fingerprint density at radius 2 is 1.48 bits per heavy atom. The maximum absolute atomic E-state index is 4.27. The zero-order valence-electron chi connectivity index (χ0n) is 11.4. The first-order valence-electron chi connectivity index (χ1n) is 7.15. The van der Waals surface area contributed by atoms with E-state index in [0.29, 0.717) is 0 Å². The van der Waals surface area contributed by atoms with Gasteiger partial charge in [-0.15, -0.1) is 0 Å². The van der Waals surface area contributed by atoms with Gasteiger partial charge in [-0.3, -0.25) is 0 Å². The van der Waals surface area contributed by atoms with E-state index < -0.39 is 0 Å². The van der Waals surface area contributed by atoms with Gasteiger partial charge in [-0.1, -0.05) is 30.3 Å². The van der Waals surface area contributed by atoms with Crippen molar-refractivity contribution in [2.45, 2.75) is 6.42 Å². The second kappa shape index (κ2) is 3.89. The fourth-order valence-corrected chi connectivity index (χ4v) is 3.35. The van der Waals surface area contributed by atoms with E-state index in [2.05, 4.69) is 64.8 Å². The van der Waals surface area contributed by atoms with Crippen molar-refractivity contribution in [2.24, 2.45) is 0 Å². The summed E-state index contributed by atoms with van der Waals surface area (Å²) in [4.78, 5) is 0. The van der Waals surface area contributed by atoms with Crippen molar-refractivity contribution in [1.82, 2.24) is 10.2 Å². The average molecular weight is 268 g/mol. The maximum Gasteiger partial charge on any atom is 0.0753 e. The molecule has 1 aliphatic rings. The molecular weight excluding hydrogens is 256 g/mol. The minimum atomic E-state index is 0.890. The third-order valence-corrected chi connectivity index (χ3v) is 4.37. The summed E-state index contributed by atoms with van der Waals surface area (Å²) in [5, 5.41) is 13.4. The van der Waals surface area contributed by atoms with E-state index in [1.54, 1.807) is 6.20 Å². The van der Waals surface area contributed by atoms with Crippen LogP contribution >= 0.6 is 0 Å². The molecule has 0 saturated heterocycles. The Morgan fingerprint density at radius 3 is 2.29 bits per heavy atom. The standard InChI is InChI=1S/C19H12N2/c1-2-4-13-8-15-10-18-16(9-14(15)7-12(13)3-1)11-19-17(18)5-6-20-21-19/h1-10H,11H2. The highest BCUT2D eigenvalue weighted by Gasteiger charge is 2.20. The van der Waals surface area contributed by atoms with Gasteiger partial charge in [0.05, 0.1) is 11.9 Å². The van der Waals surface area contributed by atoms with Gasteiger partial charge < -0.3 is 0 Å². The first-order chi connectivity index (χ1) is 10.4. The molecule has 0 aliphatic heterocycles. The van der Waals surface area contributed by atoms with Crippen molar-refractivity contribution in [3.05, 3.63) is 72.1 Å². The lowest BCUT2D eigenvalue weighted by Gasteiger charge is -2.06. The molecule has 1 heterocycles. The van der Waals surface area contributed by atoms with Crippen LogP contribution in [-0.4, -0.2) is 10.2 Å². The molecule has 0 atom stereocenters. The fraction of sp³-hybridized carbons (Fsp3) is 0.0526. The largest absolute Gasteiger partial charge is 0.159 e. The van der Waals surface area contributed by atoms with E-state index in [1.165, 1.54) is 38.2 Å². The van der Waals surface area contributed by atoms with Gasteiger partial charge in [0, 0.05) is 12.0 Å². The molecule has 2 nitrogen and oxygen atoms in total. The van der Waals surface area contributed by atoms with Crippen LogP contribution in [0.3, 0.4) is 0 Å². The molecule has 21 heavy (non-hydrogen) atoms. The molecule has 0 N–H and O–H groups in total. The fourth-order valence-electron chi connectivity index (χ4n) is 3.35. The van der Waals surface area contributed by atoms with Crippen molar-refractivity contribution < 1.29 is 0 Å². The molecule has 0 saturated carbocycles. The molecule has 2 heteroatoms. The zero-order chi connectivity index (χ0) is 13.8. The number of benzene rings is 3. The highest BCUT2D eigenvalue weighted by molar-refractivity contribution is 6.01. The summed E-state index contributed by atoms with van der Waals surface area (Å²) in [6.45, 7) is 0. The van der Waals surface area contributed by atoms with Crippen LogP contribution in [0, 0.1) is 0 Å². The lowest BCUT2D eigenvalue weighted by Crippen LogP contribution is -1.87. The molecule has 1 aliphatic carbocycles. The van der Waals surface area contributed by atoms with Gasteiger partial charge in [0.25, 0.3) is 0 Å². The molecule has 1 aromatic heterocycles. The van der Waals surface area contributed by atoms with Crippen LogP contribution in [0.4, 0.5) is 0 Å². The monoisotopic (exact) mass is 268 g/mol. The molecule has 4 aromatic rings. The SMILES string of the molecule is c1ccc2cc3cc4c(cc3cc2c1)Cc1nnccc1-4. The van der Waals surface area contributed by atoms with E-state index in [4.69, 9.17) is 0 Å². The summed E-state index contributed by atoms with van der Waals surface area (Å²) >= 11 is 0. The van der Waals surface area contributed by atoms with Gasteiger partial charge in [-0.2, -0.15) is 10.2 Å². The molecule has 3 aromatic carbocycles. The van der Waals surface area contributed by atoms with Gasteiger partial charge in [0.1, 0.15) is 0 Å². The average Bonchev–Trinajstić information content (AvgIpc) is 2.88. The molecule has 0 radical (unpaired) electrons. The Balaban J connectivity index is 1.86. The van der Waals surface area contributed by atoms with E-state index in [-0.39, 0.29) is 0 Å². The van der Waals surface area contributed by atoms with E-state index >= 15 is 0 Å². The molecule has 0 unspecified atom stereocenters. The molecule has 0 fully saturated rings. The highest BCUT2D eigenvalue weighted by Crippen LogP contribution is 2.38. The highest BCUT2D eigenvalue weighted by atomic mass is 15.1. The van der Waals surface area contributed by atoms with E-state index in [0.717, 1.165) is 12.1 Å². The molecular formula is C19H12N2. The van der Waals surface area contributed by atoms with Gasteiger partial charge in [-0.25, -0.2) is 0 Å². The Morgan fingerprint density at radius 1 is 0.714 bits per heavy atom. The quantitative estimate of drug-likeness (QED) is 0.390. The Kier molecular flexibility index (Phi) is 2.03. The molecule has 0 spiro atoms. The van der Waals surface area contributed by atoms with E-state index in [1.807, 2.05) is 0 Å². The summed E-state index contributed by atoms with van der Waals surface area (Å²) in [6.07, 6.45) is 2.67. The van der Waals surface area contributed by atoms with Crippen molar-refractivity contribution in [1.29, 1.82) is 0 Å². The summed E-state index contributed by atoms with van der Waals surface area (Å²) in [5.74, 6) is 0. The summed E-state index contributed by atoms with van der Waals surface area (Å²) in [7, 11) is 0. The van der Waals surface area contributed by atoms with Crippen LogP contribution in [-0.2, 0) is 6.42 Å². The van der Waals surface area contributed by atoms with Crippen LogP contribution in [0.1, 0.15) is 11.3 Å². The Bertz CT molecular complexity index is 1020. The third-order valence-electron chi connectivity index (χ3n) is 4.37. The number of hydrogen-bond acceptors (Lipinski definition) is 2. The van der Waals surface area contributed by atoms with Gasteiger partial charge >= 0.3 is 0 Å². The van der Waals surface area contributed by atoms with Crippen molar-refractivity contribution >= 4 is 21.5 Å². The Hall–Kier alpha value is -2.74. The molecule has 0 bridgehead atoms. The topological polar surface area (TPSA) is 25.8 Å². The van der Waals surface area contributed by atoms with E-state index in [9.17, 15) is 0 Å². The number of fused-ring (bicyclic) bond motifs is 5. The first-order valence-corrected chi connectivity index (χ1v) is 7.15. The maximum atomic E-state index is 4.27.